The van der Waals surface area contributed by atoms with Gasteiger partial charge >= 0.3 is 0 Å². The first kappa shape index (κ1) is 57.4. The predicted molar refractivity (Wildman–Crippen MR) is 310 cm³/mol. The van der Waals surface area contributed by atoms with Crippen LogP contribution in [0.1, 0.15) is 214 Å². The van der Waals surface area contributed by atoms with Gasteiger partial charge in [0.05, 0.1) is 21.3 Å². The molecule has 0 spiro atoms. The molecule has 6 heteroatoms. The van der Waals surface area contributed by atoms with Crippen molar-refractivity contribution in [1.82, 2.24) is 0 Å². The molecule has 0 bridgehead atoms. The normalized spacial score (nSPS) is 12.8. The van der Waals surface area contributed by atoms with Crippen LogP contribution in [-0.2, 0) is 64.6 Å². The number of hydrogen-bond acceptors (Lipinski definition) is 6. The number of aromatic hydroxyl groups is 3. The van der Waals surface area contributed by atoms with Crippen LogP contribution in [0.15, 0.2) is 84.9 Å². The minimum absolute atomic E-state index is 0.0535. The van der Waals surface area contributed by atoms with Gasteiger partial charge in [-0.1, -0.05) is 197 Å². The number of phenols is 3. The molecule has 74 heavy (non-hydrogen) atoms. The zero-order valence-electron chi connectivity index (χ0n) is 49.2. The maximum Gasteiger partial charge on any atom is 0.125 e. The molecule has 0 amide bonds. The third kappa shape index (κ3) is 13.1. The Hall–Kier alpha value is -5.88. The minimum atomic E-state index is -0.233. The van der Waals surface area contributed by atoms with Gasteiger partial charge in [0.2, 0.25) is 0 Å². The van der Waals surface area contributed by atoms with Gasteiger partial charge in [-0.15, -0.1) is 0 Å². The number of phenolic OH excluding ortho intramolecular Hbond substituents is 3. The number of methoxy groups -OCH3 is 3. The van der Waals surface area contributed by atoms with E-state index in [9.17, 15) is 15.3 Å². The number of benzene rings is 6. The molecule has 0 aromatic heterocycles. The summed E-state index contributed by atoms with van der Waals surface area (Å²) < 4.78 is 18.7. The molecule has 0 aliphatic carbocycles. The fourth-order valence-electron chi connectivity index (χ4n) is 9.95. The highest BCUT2D eigenvalue weighted by Gasteiger charge is 2.28. The van der Waals surface area contributed by atoms with Crippen molar-refractivity contribution >= 4 is 0 Å². The molecule has 3 N–H and O–H groups in total. The quantitative estimate of drug-likeness (QED) is 0.107. The molecule has 0 aliphatic rings. The third-order valence-corrected chi connectivity index (χ3v) is 14.9. The van der Waals surface area contributed by atoms with Gasteiger partial charge in [0, 0.05) is 32.1 Å². The average Bonchev–Trinajstić information content (AvgIpc) is 3.27. The van der Waals surface area contributed by atoms with Crippen LogP contribution in [0.25, 0.3) is 0 Å². The van der Waals surface area contributed by atoms with Gasteiger partial charge in [0.15, 0.2) is 0 Å². The molecule has 0 radical (unpaired) electrons. The van der Waals surface area contributed by atoms with Crippen LogP contribution in [0.5, 0.6) is 34.5 Å². The van der Waals surface area contributed by atoms with E-state index in [1.54, 1.807) is 27.4 Å². The van der Waals surface area contributed by atoms with E-state index in [-0.39, 0.29) is 49.7 Å². The molecule has 398 valence electrons. The van der Waals surface area contributed by atoms with Crippen molar-refractivity contribution in [1.29, 1.82) is 0 Å². The summed E-state index contributed by atoms with van der Waals surface area (Å²) in [5, 5.41) is 36.3. The van der Waals surface area contributed by atoms with E-state index in [2.05, 4.69) is 191 Å². The Balaban J connectivity index is 1.50. The van der Waals surface area contributed by atoms with Crippen LogP contribution in [0.3, 0.4) is 0 Å². The predicted octanol–water partition coefficient (Wildman–Crippen LogP) is 16.6. The lowest BCUT2D eigenvalue weighted by molar-refractivity contribution is 0.403. The Labute approximate surface area is 446 Å². The summed E-state index contributed by atoms with van der Waals surface area (Å²) in [5.41, 5.74) is 15.0. The molecule has 6 aromatic carbocycles. The number of ether oxygens (including phenoxy) is 3. The SMILES string of the molecule is COc1ccc(C(C)(C)C)cc1Cc1cc(C(C)(C)C)cc(Cc2cc(C(C)(C)C)cc(Cc3cc(C(C)(C)C)cc(Cc4cc(C(C)(C)C)cc(Cc5cc(C(C)(C)C)ccc5O)c4OC)c3O)c2OC)c1O. The van der Waals surface area contributed by atoms with Crippen molar-refractivity contribution < 1.29 is 29.5 Å². The summed E-state index contributed by atoms with van der Waals surface area (Å²) >= 11 is 0. The van der Waals surface area contributed by atoms with E-state index < -0.39 is 0 Å². The lowest BCUT2D eigenvalue weighted by atomic mass is 9.80. The van der Waals surface area contributed by atoms with Crippen molar-refractivity contribution in [3.8, 4) is 34.5 Å². The van der Waals surface area contributed by atoms with Crippen LogP contribution < -0.4 is 14.2 Å². The van der Waals surface area contributed by atoms with E-state index in [0.29, 0.717) is 32.1 Å². The second-order valence-corrected chi connectivity index (χ2v) is 27.2. The molecular formula is C68H90O6. The summed E-state index contributed by atoms with van der Waals surface area (Å²) in [6.07, 6.45) is 2.28. The maximum atomic E-state index is 12.7. The van der Waals surface area contributed by atoms with Crippen molar-refractivity contribution in [2.75, 3.05) is 21.3 Å². The zero-order valence-corrected chi connectivity index (χ0v) is 49.2. The summed E-state index contributed by atoms with van der Waals surface area (Å²) in [5.74, 6) is 3.07. The Kier molecular flexibility index (Phi) is 16.3. The van der Waals surface area contributed by atoms with Gasteiger partial charge < -0.3 is 29.5 Å². The second-order valence-electron chi connectivity index (χ2n) is 27.2. The van der Waals surface area contributed by atoms with Crippen LogP contribution in [0.2, 0.25) is 0 Å². The lowest BCUT2D eigenvalue weighted by Crippen LogP contribution is -2.15. The summed E-state index contributed by atoms with van der Waals surface area (Å²) in [7, 11) is 5.16. The number of rotatable bonds is 13. The Morgan fingerprint density at radius 2 is 0.527 bits per heavy atom. The van der Waals surface area contributed by atoms with E-state index >= 15 is 0 Å². The first-order valence-electron chi connectivity index (χ1n) is 26.6. The summed E-state index contributed by atoms with van der Waals surface area (Å²) in [4.78, 5) is 0. The topological polar surface area (TPSA) is 88.4 Å². The fraction of sp³-hybridized carbons (Fsp3) is 0.471. The third-order valence-electron chi connectivity index (χ3n) is 14.9. The molecule has 6 nitrogen and oxygen atoms in total. The summed E-state index contributed by atoms with van der Waals surface area (Å²) in [6, 6.07) is 29.9. The standard InChI is InChI=1S/C68H90O6/c1-63(2,3)51-22-24-57(69)41(31-51)26-47-37-55(67(13,14)15)38-48(61(47)73-20)29-45-35-54(66(10,11)12)36-46(60(45)71)30-50-40-56(68(16,17)18)39-49(62(50)74-21)28-44-34-53(65(7,8)9)33-43(59(44)70)27-42-32-52(64(4,5)6)23-25-58(42)72-19/h22-25,31-40,69-71H,26-30H2,1-21H3. The molecule has 0 aliphatic heterocycles. The molecule has 0 atom stereocenters. The van der Waals surface area contributed by atoms with Gasteiger partial charge in [-0.05, 0) is 134 Å². The largest absolute Gasteiger partial charge is 0.508 e. The highest BCUT2D eigenvalue weighted by molar-refractivity contribution is 5.59. The van der Waals surface area contributed by atoms with Gasteiger partial charge in [0.1, 0.15) is 34.5 Å². The van der Waals surface area contributed by atoms with Crippen molar-refractivity contribution in [2.45, 2.75) is 189 Å². The van der Waals surface area contributed by atoms with E-state index in [0.717, 1.165) is 101 Å². The minimum Gasteiger partial charge on any atom is -0.508 e. The molecule has 6 rings (SSSR count). The fourth-order valence-corrected chi connectivity index (χ4v) is 9.95. The molecule has 0 heterocycles. The molecule has 6 aromatic rings. The van der Waals surface area contributed by atoms with Crippen LogP contribution in [-0.4, -0.2) is 36.6 Å². The first-order chi connectivity index (χ1) is 34.0. The molecular weight excluding hydrogens is 913 g/mol. The summed E-state index contributed by atoms with van der Waals surface area (Å²) in [6.45, 7) is 39.8. The zero-order chi connectivity index (χ0) is 55.3. The first-order valence-corrected chi connectivity index (χ1v) is 26.6. The highest BCUT2D eigenvalue weighted by atomic mass is 16.5. The van der Waals surface area contributed by atoms with Crippen molar-refractivity contribution in [3.63, 3.8) is 0 Å². The Bertz CT molecular complexity index is 3000. The van der Waals surface area contributed by atoms with Crippen LogP contribution >= 0.6 is 0 Å². The van der Waals surface area contributed by atoms with Gasteiger partial charge in [0.25, 0.3) is 0 Å². The Morgan fingerprint density at radius 1 is 0.284 bits per heavy atom. The average molecular weight is 1000 g/mol. The Morgan fingerprint density at radius 3 is 0.811 bits per heavy atom. The molecule has 0 saturated heterocycles. The monoisotopic (exact) mass is 1000 g/mol. The van der Waals surface area contributed by atoms with Crippen molar-refractivity contribution in [2.24, 2.45) is 0 Å². The number of hydrogen-bond donors (Lipinski definition) is 3. The van der Waals surface area contributed by atoms with E-state index in [4.69, 9.17) is 14.2 Å². The van der Waals surface area contributed by atoms with Gasteiger partial charge in [-0.3, -0.25) is 0 Å². The smallest absolute Gasteiger partial charge is 0.125 e. The molecule has 0 unspecified atom stereocenters. The van der Waals surface area contributed by atoms with Crippen molar-refractivity contribution in [3.05, 3.63) is 174 Å². The van der Waals surface area contributed by atoms with Gasteiger partial charge in [-0.2, -0.15) is 0 Å². The van der Waals surface area contributed by atoms with E-state index in [1.165, 1.54) is 5.56 Å². The highest BCUT2D eigenvalue weighted by Crippen LogP contribution is 2.44. The lowest BCUT2D eigenvalue weighted by Gasteiger charge is -2.27. The van der Waals surface area contributed by atoms with Gasteiger partial charge in [-0.25, -0.2) is 0 Å². The maximum absolute atomic E-state index is 12.7. The van der Waals surface area contributed by atoms with Crippen LogP contribution in [0.4, 0.5) is 0 Å². The molecule has 0 fully saturated rings. The second kappa shape index (κ2) is 21.0. The van der Waals surface area contributed by atoms with E-state index in [1.807, 2.05) is 12.1 Å². The molecule has 0 saturated carbocycles. The van der Waals surface area contributed by atoms with Crippen LogP contribution in [0, 0.1) is 0 Å².